The minimum Gasteiger partial charge on any atom is -0.497 e. The fourth-order valence-electron chi connectivity index (χ4n) is 1.81. The van der Waals surface area contributed by atoms with Crippen LogP contribution in [-0.2, 0) is 6.54 Å². The van der Waals surface area contributed by atoms with Crippen LogP contribution < -0.4 is 10.1 Å². The molecule has 3 heteroatoms. The monoisotopic (exact) mass is 242 g/mol. The molecular formula is C15H18N2O. The van der Waals surface area contributed by atoms with Crippen LogP contribution in [0.4, 0.5) is 0 Å². The van der Waals surface area contributed by atoms with E-state index in [0.717, 1.165) is 30.0 Å². The Labute approximate surface area is 108 Å². The molecule has 0 saturated heterocycles. The van der Waals surface area contributed by atoms with Gasteiger partial charge < -0.3 is 10.1 Å². The predicted molar refractivity (Wildman–Crippen MR) is 73.6 cm³/mol. The fourth-order valence-corrected chi connectivity index (χ4v) is 1.81. The van der Waals surface area contributed by atoms with Gasteiger partial charge in [0.05, 0.1) is 7.11 Å². The molecule has 0 amide bonds. The van der Waals surface area contributed by atoms with Crippen LogP contribution in [0.15, 0.2) is 42.7 Å². The molecule has 94 valence electrons. The number of rotatable bonds is 5. The Morgan fingerprint density at radius 1 is 1.17 bits per heavy atom. The minimum atomic E-state index is 0.849. The van der Waals surface area contributed by atoms with Crippen LogP contribution in [0.3, 0.4) is 0 Å². The Hall–Kier alpha value is -1.87. The van der Waals surface area contributed by atoms with E-state index in [2.05, 4.69) is 29.4 Å². The maximum atomic E-state index is 5.24. The van der Waals surface area contributed by atoms with Crippen LogP contribution in [0.2, 0.25) is 0 Å². The van der Waals surface area contributed by atoms with Crippen molar-refractivity contribution in [1.29, 1.82) is 0 Å². The molecule has 0 unspecified atom stereocenters. The second-order valence-corrected chi connectivity index (χ2v) is 4.09. The second-order valence-electron chi connectivity index (χ2n) is 4.09. The molecule has 2 rings (SSSR count). The minimum absolute atomic E-state index is 0.849. The fraction of sp³-hybridized carbons (Fsp3) is 0.267. The van der Waals surface area contributed by atoms with E-state index in [0.29, 0.717) is 0 Å². The van der Waals surface area contributed by atoms with Gasteiger partial charge in [0.15, 0.2) is 0 Å². The Morgan fingerprint density at radius 2 is 2.06 bits per heavy atom. The maximum Gasteiger partial charge on any atom is 0.119 e. The van der Waals surface area contributed by atoms with Gasteiger partial charge in [0.25, 0.3) is 0 Å². The van der Waals surface area contributed by atoms with Crippen LogP contribution in [-0.4, -0.2) is 18.6 Å². The summed E-state index contributed by atoms with van der Waals surface area (Å²) in [5.41, 5.74) is 3.43. The molecule has 0 aliphatic heterocycles. The number of hydrogen-bond acceptors (Lipinski definition) is 3. The van der Waals surface area contributed by atoms with Gasteiger partial charge in [-0.05, 0) is 35.9 Å². The van der Waals surface area contributed by atoms with Crippen molar-refractivity contribution in [3.8, 4) is 16.9 Å². The first kappa shape index (κ1) is 12.6. The van der Waals surface area contributed by atoms with Gasteiger partial charge in [0.1, 0.15) is 5.75 Å². The summed E-state index contributed by atoms with van der Waals surface area (Å²) < 4.78 is 5.24. The second kappa shape index (κ2) is 6.17. The first-order valence-electron chi connectivity index (χ1n) is 6.12. The third kappa shape index (κ3) is 3.08. The summed E-state index contributed by atoms with van der Waals surface area (Å²) >= 11 is 0. The van der Waals surface area contributed by atoms with E-state index >= 15 is 0 Å². The number of benzene rings is 1. The molecule has 0 aliphatic rings. The van der Waals surface area contributed by atoms with Crippen molar-refractivity contribution in [2.75, 3.05) is 13.7 Å². The number of nitrogens with zero attached hydrogens (tertiary/aromatic N) is 1. The van der Waals surface area contributed by atoms with E-state index in [-0.39, 0.29) is 0 Å². The number of hydrogen-bond donors (Lipinski definition) is 1. The summed E-state index contributed by atoms with van der Waals surface area (Å²) in [4.78, 5) is 4.29. The SMILES string of the molecule is CCNCc1cncc(-c2cccc(OC)c2)c1. The summed E-state index contributed by atoms with van der Waals surface area (Å²) in [6.45, 7) is 3.91. The van der Waals surface area contributed by atoms with Gasteiger partial charge in [-0.15, -0.1) is 0 Å². The van der Waals surface area contributed by atoms with Gasteiger partial charge in [-0.3, -0.25) is 4.98 Å². The van der Waals surface area contributed by atoms with Crippen molar-refractivity contribution in [1.82, 2.24) is 10.3 Å². The van der Waals surface area contributed by atoms with Crippen molar-refractivity contribution >= 4 is 0 Å². The zero-order valence-electron chi connectivity index (χ0n) is 10.8. The first-order chi connectivity index (χ1) is 8.83. The quantitative estimate of drug-likeness (QED) is 0.875. The number of methoxy groups -OCH3 is 1. The first-order valence-corrected chi connectivity index (χ1v) is 6.12. The third-order valence-corrected chi connectivity index (χ3v) is 2.78. The van der Waals surface area contributed by atoms with Crippen LogP contribution >= 0.6 is 0 Å². The van der Waals surface area contributed by atoms with Gasteiger partial charge in [-0.25, -0.2) is 0 Å². The van der Waals surface area contributed by atoms with E-state index in [1.54, 1.807) is 7.11 Å². The Balaban J connectivity index is 2.26. The molecule has 1 aromatic heterocycles. The Morgan fingerprint density at radius 3 is 2.83 bits per heavy atom. The molecule has 0 spiro atoms. The number of nitrogens with one attached hydrogen (secondary N) is 1. The van der Waals surface area contributed by atoms with E-state index in [9.17, 15) is 0 Å². The lowest BCUT2D eigenvalue weighted by molar-refractivity contribution is 0.415. The summed E-state index contributed by atoms with van der Waals surface area (Å²) in [7, 11) is 1.68. The standard InChI is InChI=1S/C15H18N2O/c1-3-16-9-12-7-14(11-17-10-12)13-5-4-6-15(8-13)18-2/h4-8,10-11,16H,3,9H2,1-2H3. The molecule has 1 aromatic carbocycles. The topological polar surface area (TPSA) is 34.2 Å². The lowest BCUT2D eigenvalue weighted by Crippen LogP contribution is -2.11. The van der Waals surface area contributed by atoms with E-state index < -0.39 is 0 Å². The summed E-state index contributed by atoms with van der Waals surface area (Å²) in [5.74, 6) is 0.865. The lowest BCUT2D eigenvalue weighted by atomic mass is 10.1. The van der Waals surface area contributed by atoms with Crippen LogP contribution in [0.5, 0.6) is 5.75 Å². The molecule has 2 aromatic rings. The summed E-state index contributed by atoms with van der Waals surface area (Å²) in [5, 5.41) is 3.30. The molecule has 0 atom stereocenters. The Kier molecular flexibility index (Phi) is 4.31. The van der Waals surface area contributed by atoms with Crippen molar-refractivity contribution < 1.29 is 4.74 Å². The van der Waals surface area contributed by atoms with Crippen molar-refractivity contribution in [3.05, 3.63) is 48.3 Å². The van der Waals surface area contributed by atoms with Crippen LogP contribution in [0.1, 0.15) is 12.5 Å². The van der Waals surface area contributed by atoms with Crippen LogP contribution in [0, 0.1) is 0 Å². The van der Waals surface area contributed by atoms with Crippen molar-refractivity contribution in [2.45, 2.75) is 13.5 Å². The highest BCUT2D eigenvalue weighted by molar-refractivity contribution is 5.64. The summed E-state index contributed by atoms with van der Waals surface area (Å²) in [6, 6.07) is 10.2. The van der Waals surface area contributed by atoms with Crippen molar-refractivity contribution in [2.24, 2.45) is 0 Å². The molecule has 18 heavy (non-hydrogen) atoms. The highest BCUT2D eigenvalue weighted by Gasteiger charge is 2.01. The van der Waals surface area contributed by atoms with E-state index in [1.807, 2.05) is 30.6 Å². The molecule has 1 N–H and O–H groups in total. The molecule has 0 radical (unpaired) electrons. The Bertz CT molecular complexity index is 511. The lowest BCUT2D eigenvalue weighted by Gasteiger charge is -2.07. The number of pyridine rings is 1. The largest absolute Gasteiger partial charge is 0.497 e. The highest BCUT2D eigenvalue weighted by atomic mass is 16.5. The van der Waals surface area contributed by atoms with E-state index in [4.69, 9.17) is 4.74 Å². The molecular weight excluding hydrogens is 224 g/mol. The van der Waals surface area contributed by atoms with E-state index in [1.165, 1.54) is 5.56 Å². The molecule has 0 fully saturated rings. The number of ether oxygens (including phenoxy) is 1. The van der Waals surface area contributed by atoms with Gasteiger partial charge in [-0.1, -0.05) is 19.1 Å². The number of aromatic nitrogens is 1. The normalized spacial score (nSPS) is 10.3. The molecule has 1 heterocycles. The summed E-state index contributed by atoms with van der Waals surface area (Å²) in [6.07, 6.45) is 3.77. The highest BCUT2D eigenvalue weighted by Crippen LogP contribution is 2.23. The van der Waals surface area contributed by atoms with Gasteiger partial charge >= 0.3 is 0 Å². The average molecular weight is 242 g/mol. The smallest absolute Gasteiger partial charge is 0.119 e. The molecule has 0 saturated carbocycles. The zero-order valence-corrected chi connectivity index (χ0v) is 10.8. The van der Waals surface area contributed by atoms with Gasteiger partial charge in [0.2, 0.25) is 0 Å². The molecule has 3 nitrogen and oxygen atoms in total. The maximum absolute atomic E-state index is 5.24. The predicted octanol–water partition coefficient (Wildman–Crippen LogP) is 2.87. The zero-order chi connectivity index (χ0) is 12.8. The third-order valence-electron chi connectivity index (χ3n) is 2.78. The van der Waals surface area contributed by atoms with Gasteiger partial charge in [-0.2, -0.15) is 0 Å². The molecule has 0 bridgehead atoms. The molecule has 0 aliphatic carbocycles. The van der Waals surface area contributed by atoms with Gasteiger partial charge in [0, 0.05) is 24.5 Å². The average Bonchev–Trinajstić information content (AvgIpc) is 2.45. The van der Waals surface area contributed by atoms with Crippen molar-refractivity contribution in [3.63, 3.8) is 0 Å². The van der Waals surface area contributed by atoms with Crippen LogP contribution in [0.25, 0.3) is 11.1 Å².